The van der Waals surface area contributed by atoms with Crippen molar-refractivity contribution in [2.45, 2.75) is 12.8 Å². The van der Waals surface area contributed by atoms with Crippen molar-refractivity contribution < 1.29 is 0 Å². The molecule has 0 unspecified atom stereocenters. The van der Waals surface area contributed by atoms with E-state index in [9.17, 15) is 0 Å². The van der Waals surface area contributed by atoms with Gasteiger partial charge < -0.3 is 22.8 Å². The van der Waals surface area contributed by atoms with Crippen molar-refractivity contribution in [1.29, 1.82) is 0 Å². The van der Waals surface area contributed by atoms with E-state index in [2.05, 4.69) is 381 Å². The van der Waals surface area contributed by atoms with Gasteiger partial charge in [0.15, 0.2) is 0 Å². The second kappa shape index (κ2) is 23.4. The van der Waals surface area contributed by atoms with Crippen molar-refractivity contribution >= 4 is 54.5 Å². The molecule has 0 aliphatic carbocycles. The average Bonchev–Trinajstić information content (AvgIpc) is 1.67. The van der Waals surface area contributed by atoms with Gasteiger partial charge in [0.05, 0.1) is 56.1 Å². The Balaban J connectivity index is 0.878. The van der Waals surface area contributed by atoms with Gasteiger partial charge in [-0.15, -0.1) is 0 Å². The fraction of sp³-hybridized carbons (Fsp3) is 0.0222. The van der Waals surface area contributed by atoms with E-state index in [0.29, 0.717) is 12.8 Å². The zero-order valence-electron chi connectivity index (χ0n) is 52.2. The molecule has 0 amide bonds. The predicted octanol–water partition coefficient (Wildman–Crippen LogP) is 22.9. The summed E-state index contributed by atoms with van der Waals surface area (Å²) in [5.41, 5.74) is 27.6. The first kappa shape index (κ1) is 55.4. The van der Waals surface area contributed by atoms with Crippen LogP contribution in [0.25, 0.3) is 139 Å². The zero-order valence-corrected chi connectivity index (χ0v) is 52.2. The number of hydrogen-bond donors (Lipinski definition) is 0. The minimum Gasteiger partial charge on any atom is -0.309 e. The van der Waals surface area contributed by atoms with Crippen LogP contribution in [0.1, 0.15) is 22.3 Å². The summed E-state index contributed by atoms with van der Waals surface area (Å²) in [6, 6.07) is 132. The van der Waals surface area contributed by atoms with Crippen LogP contribution in [-0.4, -0.2) is 22.8 Å². The van der Waals surface area contributed by atoms with E-state index in [0.717, 1.165) is 112 Å². The lowest BCUT2D eigenvalue weighted by atomic mass is 9.96. The predicted molar refractivity (Wildman–Crippen MR) is 396 cm³/mol. The van der Waals surface area contributed by atoms with E-state index < -0.39 is 0 Å². The molecular weight excluding hydrogens is 1150 g/mol. The van der Waals surface area contributed by atoms with Gasteiger partial charge >= 0.3 is 0 Å². The third-order valence-electron chi connectivity index (χ3n) is 19.0. The van der Waals surface area contributed by atoms with Gasteiger partial charge in [-0.25, -0.2) is 0 Å². The van der Waals surface area contributed by atoms with Crippen LogP contribution in [0.2, 0.25) is 0 Å². The highest BCUT2D eigenvalue weighted by atomic mass is 15.0. The number of fused-ring (bicyclic) bond motifs is 5. The normalized spacial score (nSPS) is 11.7. The molecule has 13 aromatic carbocycles. The Hall–Kier alpha value is -12.4. The first-order valence-corrected chi connectivity index (χ1v) is 32.8. The van der Waals surface area contributed by atoms with Crippen LogP contribution in [0.5, 0.6) is 0 Å². The highest BCUT2D eigenvalue weighted by Crippen LogP contribution is 2.41. The van der Waals surface area contributed by atoms with Crippen molar-refractivity contribution in [3.63, 3.8) is 0 Å². The molecule has 0 bridgehead atoms. The van der Waals surface area contributed by atoms with Crippen molar-refractivity contribution in [2.24, 2.45) is 0 Å². The molecule has 0 aliphatic rings. The average molecular weight is 1210 g/mol. The molecule has 5 heteroatoms. The summed E-state index contributed by atoms with van der Waals surface area (Å²) < 4.78 is 12.4. The summed E-state index contributed by atoms with van der Waals surface area (Å²) >= 11 is 0. The highest BCUT2D eigenvalue weighted by molar-refractivity contribution is 5.95. The van der Waals surface area contributed by atoms with Crippen molar-refractivity contribution in [3.8, 4) is 84.7 Å². The van der Waals surface area contributed by atoms with E-state index >= 15 is 0 Å². The number of aromatic nitrogens is 5. The van der Waals surface area contributed by atoms with Gasteiger partial charge in [-0.2, -0.15) is 0 Å². The molecular formula is C90H63N5. The second-order valence-electron chi connectivity index (χ2n) is 25.0. The van der Waals surface area contributed by atoms with Crippen LogP contribution >= 0.6 is 0 Å². The molecule has 5 aromatic heterocycles. The van der Waals surface area contributed by atoms with E-state index in [4.69, 9.17) is 0 Å². The molecule has 0 aliphatic heterocycles. The number of benzene rings is 13. The third-order valence-corrected chi connectivity index (χ3v) is 19.0. The van der Waals surface area contributed by atoms with Crippen LogP contribution < -0.4 is 0 Å². The smallest absolute Gasteiger partial charge is 0.0541 e. The van der Waals surface area contributed by atoms with Crippen molar-refractivity contribution in [2.75, 3.05) is 0 Å². The number of rotatable bonds is 14. The Morgan fingerprint density at radius 3 is 0.558 bits per heavy atom. The Kier molecular flexibility index (Phi) is 13.6. The summed E-state index contributed by atoms with van der Waals surface area (Å²) in [6.07, 6.45) is 1.30. The molecule has 448 valence electrons. The maximum atomic E-state index is 2.49. The van der Waals surface area contributed by atoms with Gasteiger partial charge in [-0.05, 0) is 172 Å². The standard InChI is InChI=1S/C90H63N5/c1-6-26-66(27-7-1)86-55-71-36-16-21-41-81(71)91(86)76-49-62(47-64-51-77(92-82-42-22-17-37-72(82)56-87(92)67-28-8-2-9-29-67)60-78(52-64)93-83-43-23-18-38-73(83)57-88(93)68-30-10-3-11-31-68)46-63(50-76)48-65-53-79(94-84-44-24-19-39-74(84)58-89(94)69-32-12-4-13-33-69)61-80(54-65)95-85-45-25-20-40-75(85)59-90(95)70-34-14-5-15-35-70/h1-46,49-61H,47-48H2. The summed E-state index contributed by atoms with van der Waals surface area (Å²) in [4.78, 5) is 0. The third kappa shape index (κ3) is 10.1. The summed E-state index contributed by atoms with van der Waals surface area (Å²) in [5.74, 6) is 0. The number of nitrogens with zero attached hydrogens (tertiary/aromatic N) is 5. The molecule has 0 saturated carbocycles. The number of hydrogen-bond acceptors (Lipinski definition) is 0. The molecule has 0 N–H and O–H groups in total. The van der Waals surface area contributed by atoms with Gasteiger partial charge in [0.1, 0.15) is 0 Å². The Morgan fingerprint density at radius 2 is 0.337 bits per heavy atom. The van der Waals surface area contributed by atoms with Crippen LogP contribution in [0.4, 0.5) is 0 Å². The van der Waals surface area contributed by atoms with Gasteiger partial charge in [0, 0.05) is 55.4 Å². The largest absolute Gasteiger partial charge is 0.309 e. The first-order valence-electron chi connectivity index (χ1n) is 32.8. The minimum absolute atomic E-state index is 0.651. The van der Waals surface area contributed by atoms with Crippen LogP contribution in [-0.2, 0) is 12.8 Å². The van der Waals surface area contributed by atoms with Crippen LogP contribution in [0, 0.1) is 0 Å². The summed E-state index contributed by atoms with van der Waals surface area (Å²) in [6.45, 7) is 0. The molecule has 18 aromatic rings. The van der Waals surface area contributed by atoms with Gasteiger partial charge in [-0.1, -0.05) is 249 Å². The zero-order chi connectivity index (χ0) is 62.8. The minimum atomic E-state index is 0.651. The van der Waals surface area contributed by atoms with E-state index in [1.165, 1.54) is 49.2 Å². The lowest BCUT2D eigenvalue weighted by molar-refractivity contribution is 1.04. The Bertz CT molecular complexity index is 5310. The fourth-order valence-electron chi connectivity index (χ4n) is 14.9. The molecule has 95 heavy (non-hydrogen) atoms. The van der Waals surface area contributed by atoms with E-state index in [-0.39, 0.29) is 0 Å². The Morgan fingerprint density at radius 1 is 0.158 bits per heavy atom. The fourth-order valence-corrected chi connectivity index (χ4v) is 14.9. The lowest BCUT2D eigenvalue weighted by Crippen LogP contribution is -2.05. The van der Waals surface area contributed by atoms with Gasteiger partial charge in [-0.3, -0.25) is 0 Å². The van der Waals surface area contributed by atoms with Gasteiger partial charge in [0.25, 0.3) is 0 Å². The lowest BCUT2D eigenvalue weighted by Gasteiger charge is -2.20. The highest BCUT2D eigenvalue weighted by Gasteiger charge is 2.23. The molecule has 0 fully saturated rings. The Labute approximate surface area is 551 Å². The summed E-state index contributed by atoms with van der Waals surface area (Å²) in [7, 11) is 0. The van der Waals surface area contributed by atoms with Crippen LogP contribution in [0.15, 0.2) is 358 Å². The molecule has 0 radical (unpaired) electrons. The quantitative estimate of drug-likeness (QED) is 0.104. The summed E-state index contributed by atoms with van der Waals surface area (Å²) in [5, 5.41) is 5.95. The second-order valence-corrected chi connectivity index (χ2v) is 25.0. The maximum absolute atomic E-state index is 2.49. The molecule has 5 nitrogen and oxygen atoms in total. The van der Waals surface area contributed by atoms with Crippen molar-refractivity contribution in [3.05, 3.63) is 380 Å². The first-order chi connectivity index (χ1) is 47.1. The monoisotopic (exact) mass is 1210 g/mol. The molecule has 0 spiro atoms. The van der Waals surface area contributed by atoms with Crippen LogP contribution in [0.3, 0.4) is 0 Å². The number of para-hydroxylation sites is 5. The molecule has 0 atom stereocenters. The maximum Gasteiger partial charge on any atom is 0.0541 e. The SMILES string of the molecule is c1ccc(-c2cc3ccccc3n2-c2cc(Cc3cc(-n4c(-c5ccccc5)cc5ccccc54)cc(-n4c(-c5ccccc5)cc5ccccc54)c3)cc(Cc3cc(-n4c(-c5ccccc5)cc5ccccc54)cc(-n4c(-c5ccccc5)cc5ccccc54)c3)c2)cc1. The van der Waals surface area contributed by atoms with Crippen molar-refractivity contribution in [1.82, 2.24) is 22.8 Å². The molecule has 0 saturated heterocycles. The van der Waals surface area contributed by atoms with E-state index in [1.807, 2.05) is 0 Å². The molecule has 5 heterocycles. The topological polar surface area (TPSA) is 24.6 Å². The van der Waals surface area contributed by atoms with E-state index in [1.54, 1.807) is 0 Å². The molecule has 18 rings (SSSR count). The van der Waals surface area contributed by atoms with Gasteiger partial charge in [0.2, 0.25) is 0 Å².